The second-order valence-corrected chi connectivity index (χ2v) is 7.58. The van der Waals surface area contributed by atoms with Crippen LogP contribution in [0.3, 0.4) is 0 Å². The van der Waals surface area contributed by atoms with Crippen LogP contribution in [0.25, 0.3) is 0 Å². The first kappa shape index (κ1) is 18.6. The van der Waals surface area contributed by atoms with Gasteiger partial charge in [-0.25, -0.2) is 0 Å². The predicted octanol–water partition coefficient (Wildman–Crippen LogP) is 0.272. The van der Waals surface area contributed by atoms with E-state index >= 15 is 0 Å². The molecule has 3 heterocycles. The quantitative estimate of drug-likeness (QED) is 0.729. The summed E-state index contributed by atoms with van der Waals surface area (Å²) in [7, 11) is 0. The van der Waals surface area contributed by atoms with E-state index < -0.39 is 11.9 Å². The maximum atomic E-state index is 12.9. The van der Waals surface area contributed by atoms with E-state index in [0.717, 1.165) is 18.5 Å². The third-order valence-corrected chi connectivity index (χ3v) is 5.81. The van der Waals surface area contributed by atoms with Gasteiger partial charge in [-0.1, -0.05) is 6.92 Å². The number of hydrogen-bond donors (Lipinski definition) is 2. The molecule has 2 N–H and O–H groups in total. The van der Waals surface area contributed by atoms with Gasteiger partial charge in [-0.15, -0.1) is 0 Å². The van der Waals surface area contributed by atoms with Crippen LogP contribution in [0.1, 0.15) is 52.5 Å². The minimum atomic E-state index is -0.643. The molecular weight excluding hydrogens is 360 g/mol. The van der Waals surface area contributed by atoms with Crippen molar-refractivity contribution >= 4 is 23.6 Å². The monoisotopic (exact) mass is 384 g/mol. The minimum Gasteiger partial charge on any atom is -0.336 e. The molecule has 8 heteroatoms. The summed E-state index contributed by atoms with van der Waals surface area (Å²) in [6.45, 7) is 4.48. The Bertz CT molecular complexity index is 853. The van der Waals surface area contributed by atoms with Crippen molar-refractivity contribution in [2.24, 2.45) is 0 Å². The number of piperidine rings is 1. The zero-order chi connectivity index (χ0) is 19.8. The normalized spacial score (nSPS) is 25.0. The summed E-state index contributed by atoms with van der Waals surface area (Å²) >= 11 is 0. The van der Waals surface area contributed by atoms with Crippen molar-refractivity contribution in [1.82, 2.24) is 20.4 Å². The van der Waals surface area contributed by atoms with Crippen molar-refractivity contribution in [3.63, 3.8) is 0 Å². The van der Waals surface area contributed by atoms with Crippen molar-refractivity contribution in [2.45, 2.75) is 44.8 Å². The van der Waals surface area contributed by atoms with Gasteiger partial charge in [-0.2, -0.15) is 0 Å². The highest BCUT2D eigenvalue weighted by Crippen LogP contribution is 2.28. The number of amides is 4. The zero-order valence-electron chi connectivity index (χ0n) is 15.9. The van der Waals surface area contributed by atoms with Gasteiger partial charge in [-0.05, 0) is 36.6 Å². The molecule has 0 spiro atoms. The summed E-state index contributed by atoms with van der Waals surface area (Å²) < 4.78 is 0. The molecule has 1 aromatic rings. The number of benzene rings is 1. The fourth-order valence-corrected chi connectivity index (χ4v) is 4.17. The molecular formula is C20H24N4O4. The molecule has 0 aliphatic carbocycles. The standard InChI is InChI=1S/C20H24N4O4/c1-2-14-11-23(8-7-21-14)19(27)12-3-4-15-13(9-12)10-24(20(15)28)16-5-6-17(25)22-18(16)26/h3-4,9,14,16,21H,2,5-8,10-11H2,1H3,(H,22,25,26). The van der Waals surface area contributed by atoms with Crippen molar-refractivity contribution in [2.75, 3.05) is 19.6 Å². The molecule has 8 nitrogen and oxygen atoms in total. The predicted molar refractivity (Wildman–Crippen MR) is 100 cm³/mol. The Morgan fingerprint density at radius 1 is 1.25 bits per heavy atom. The molecule has 0 saturated carbocycles. The van der Waals surface area contributed by atoms with Crippen LogP contribution in [0.15, 0.2) is 18.2 Å². The summed E-state index contributed by atoms with van der Waals surface area (Å²) in [5.41, 5.74) is 1.84. The van der Waals surface area contributed by atoms with Crippen LogP contribution in [0.2, 0.25) is 0 Å². The molecule has 0 bridgehead atoms. The van der Waals surface area contributed by atoms with Crippen LogP contribution < -0.4 is 10.6 Å². The molecule has 2 unspecified atom stereocenters. The fourth-order valence-electron chi connectivity index (χ4n) is 4.17. The lowest BCUT2D eigenvalue weighted by Gasteiger charge is -2.33. The molecule has 2 saturated heterocycles. The van der Waals surface area contributed by atoms with Crippen LogP contribution in [0.4, 0.5) is 0 Å². The highest BCUT2D eigenvalue weighted by atomic mass is 16.2. The molecule has 4 amide bonds. The second-order valence-electron chi connectivity index (χ2n) is 7.58. The summed E-state index contributed by atoms with van der Waals surface area (Å²) in [5, 5.41) is 5.69. The number of carbonyl (C=O) groups excluding carboxylic acids is 4. The Balaban J connectivity index is 1.51. The Kier molecular flexibility index (Phi) is 4.89. The van der Waals surface area contributed by atoms with Crippen molar-refractivity contribution in [3.05, 3.63) is 34.9 Å². The van der Waals surface area contributed by atoms with E-state index in [1.165, 1.54) is 4.90 Å². The van der Waals surface area contributed by atoms with E-state index in [9.17, 15) is 19.2 Å². The van der Waals surface area contributed by atoms with Gasteiger partial charge >= 0.3 is 0 Å². The molecule has 3 aliphatic heterocycles. The zero-order valence-corrected chi connectivity index (χ0v) is 15.9. The Hall–Kier alpha value is -2.74. The van der Waals surface area contributed by atoms with E-state index in [0.29, 0.717) is 36.7 Å². The topological polar surface area (TPSA) is 98.8 Å². The molecule has 148 valence electrons. The molecule has 3 aliphatic rings. The van der Waals surface area contributed by atoms with Gasteiger partial charge in [0.1, 0.15) is 6.04 Å². The smallest absolute Gasteiger partial charge is 0.255 e. The SMILES string of the molecule is CCC1CN(C(=O)c2ccc3c(c2)CN(C2CCC(=O)NC2=O)C3=O)CCN1. The highest BCUT2D eigenvalue weighted by molar-refractivity contribution is 6.06. The lowest BCUT2D eigenvalue weighted by atomic mass is 10.0. The van der Waals surface area contributed by atoms with Gasteiger partial charge in [0.25, 0.3) is 11.8 Å². The van der Waals surface area contributed by atoms with E-state index in [1.807, 2.05) is 4.90 Å². The third kappa shape index (κ3) is 3.28. The first-order valence-corrected chi connectivity index (χ1v) is 9.78. The van der Waals surface area contributed by atoms with Gasteiger partial charge in [-0.3, -0.25) is 24.5 Å². The maximum absolute atomic E-state index is 12.9. The van der Waals surface area contributed by atoms with E-state index in [4.69, 9.17) is 0 Å². The summed E-state index contributed by atoms with van der Waals surface area (Å²) in [6, 6.07) is 4.79. The van der Waals surface area contributed by atoms with E-state index in [1.54, 1.807) is 18.2 Å². The van der Waals surface area contributed by atoms with Gasteiger partial charge in [0.05, 0.1) is 0 Å². The van der Waals surface area contributed by atoms with Crippen LogP contribution in [-0.2, 0) is 16.1 Å². The lowest BCUT2D eigenvalue weighted by molar-refractivity contribution is -0.136. The molecule has 0 radical (unpaired) electrons. The molecule has 0 aromatic heterocycles. The number of imide groups is 1. The number of hydrogen-bond acceptors (Lipinski definition) is 5. The fraction of sp³-hybridized carbons (Fsp3) is 0.500. The first-order chi connectivity index (χ1) is 13.5. The third-order valence-electron chi connectivity index (χ3n) is 5.81. The average molecular weight is 384 g/mol. The van der Waals surface area contributed by atoms with Gasteiger partial charge in [0.2, 0.25) is 11.8 Å². The molecule has 4 rings (SSSR count). The average Bonchev–Trinajstić information content (AvgIpc) is 3.03. The second kappa shape index (κ2) is 7.35. The lowest BCUT2D eigenvalue weighted by Crippen LogP contribution is -2.52. The minimum absolute atomic E-state index is 0.0327. The van der Waals surface area contributed by atoms with E-state index in [-0.39, 0.29) is 30.7 Å². The largest absolute Gasteiger partial charge is 0.336 e. The first-order valence-electron chi connectivity index (χ1n) is 9.78. The van der Waals surface area contributed by atoms with Gasteiger partial charge in [0, 0.05) is 49.8 Å². The maximum Gasteiger partial charge on any atom is 0.255 e. The number of nitrogens with one attached hydrogen (secondary N) is 2. The summed E-state index contributed by atoms with van der Waals surface area (Å²) in [5.74, 6) is -0.994. The van der Waals surface area contributed by atoms with Crippen LogP contribution in [0, 0.1) is 0 Å². The Morgan fingerprint density at radius 3 is 2.82 bits per heavy atom. The van der Waals surface area contributed by atoms with Gasteiger partial charge in [0.15, 0.2) is 0 Å². The molecule has 28 heavy (non-hydrogen) atoms. The van der Waals surface area contributed by atoms with Crippen LogP contribution in [-0.4, -0.2) is 65.1 Å². The van der Waals surface area contributed by atoms with E-state index in [2.05, 4.69) is 17.6 Å². The number of nitrogens with zero attached hydrogens (tertiary/aromatic N) is 2. The molecule has 1 aromatic carbocycles. The van der Waals surface area contributed by atoms with Crippen LogP contribution >= 0.6 is 0 Å². The van der Waals surface area contributed by atoms with Crippen LogP contribution in [0.5, 0.6) is 0 Å². The number of piperazine rings is 1. The van der Waals surface area contributed by atoms with Crippen molar-refractivity contribution in [1.29, 1.82) is 0 Å². The number of fused-ring (bicyclic) bond motifs is 1. The van der Waals surface area contributed by atoms with Crippen molar-refractivity contribution < 1.29 is 19.2 Å². The van der Waals surface area contributed by atoms with Crippen molar-refractivity contribution in [3.8, 4) is 0 Å². The Morgan fingerprint density at radius 2 is 2.07 bits per heavy atom. The highest BCUT2D eigenvalue weighted by Gasteiger charge is 2.39. The number of rotatable bonds is 3. The molecule has 2 fully saturated rings. The summed E-state index contributed by atoms with van der Waals surface area (Å²) in [6.07, 6.45) is 1.51. The summed E-state index contributed by atoms with van der Waals surface area (Å²) in [4.78, 5) is 52.5. The Labute approximate surface area is 163 Å². The molecule has 2 atom stereocenters. The van der Waals surface area contributed by atoms with Gasteiger partial charge < -0.3 is 15.1 Å². The number of carbonyl (C=O) groups is 4.